The standard InChI is InChI=1S/C35H44N2O5/c1-23(38)42-27-10-12-34(2)26(21-27)7-8-28-29(34)11-13-35(3)30(28)20-25(33(35)39)18-24-6-9-31(32(19-24)40-4)41-17-5-15-37-16-14-36-22-37/h6-7,9,14,16,18-19,22,27-30H,5,8,10-13,15,17,20-21H2,1-4H3/b25-18+/t27-,28?,29?,30?,34-,35-/m0/s1. The van der Waals surface area contributed by atoms with Crippen molar-refractivity contribution in [3.8, 4) is 11.5 Å². The molecule has 3 fully saturated rings. The quantitative estimate of drug-likeness (QED) is 0.150. The molecule has 4 aliphatic carbocycles. The number of hydrogen-bond donors (Lipinski definition) is 0. The highest BCUT2D eigenvalue weighted by molar-refractivity contribution is 6.06. The number of ketones is 1. The van der Waals surface area contributed by atoms with E-state index in [0.717, 1.165) is 69.0 Å². The van der Waals surface area contributed by atoms with E-state index in [1.54, 1.807) is 13.3 Å². The number of hydrogen-bond acceptors (Lipinski definition) is 6. The molecule has 1 aromatic carbocycles. The summed E-state index contributed by atoms with van der Waals surface area (Å²) >= 11 is 0. The van der Waals surface area contributed by atoms with Crippen molar-refractivity contribution in [2.24, 2.45) is 28.6 Å². The second-order valence-corrected chi connectivity index (χ2v) is 13.3. The van der Waals surface area contributed by atoms with Crippen molar-refractivity contribution in [2.75, 3.05) is 13.7 Å². The third-order valence-corrected chi connectivity index (χ3v) is 10.9. The van der Waals surface area contributed by atoms with Gasteiger partial charge in [-0.3, -0.25) is 9.59 Å². The number of carbonyl (C=O) groups is 2. The first-order chi connectivity index (χ1) is 20.2. The Bertz CT molecular complexity index is 1390. The van der Waals surface area contributed by atoms with Crippen LogP contribution in [0.15, 0.2) is 54.1 Å². The highest BCUT2D eigenvalue weighted by Crippen LogP contribution is 2.65. The zero-order chi connectivity index (χ0) is 29.5. The molecule has 0 radical (unpaired) electrons. The average Bonchev–Trinajstić information content (AvgIpc) is 3.58. The van der Waals surface area contributed by atoms with E-state index in [9.17, 15) is 9.59 Å². The van der Waals surface area contributed by atoms with Crippen LogP contribution >= 0.6 is 0 Å². The van der Waals surface area contributed by atoms with E-state index in [2.05, 4.69) is 31.0 Å². The Kier molecular flexibility index (Phi) is 7.79. The number of aryl methyl sites for hydroxylation is 1. The number of imidazole rings is 1. The molecule has 7 heteroatoms. The van der Waals surface area contributed by atoms with Gasteiger partial charge in [0.15, 0.2) is 17.3 Å². The van der Waals surface area contributed by atoms with Gasteiger partial charge in [0.25, 0.3) is 0 Å². The smallest absolute Gasteiger partial charge is 0.302 e. The Morgan fingerprint density at radius 2 is 1.95 bits per heavy atom. The minimum atomic E-state index is -0.300. The molecule has 3 unspecified atom stereocenters. The Balaban J connectivity index is 1.16. The Hall–Kier alpha value is -3.35. The molecular weight excluding hydrogens is 528 g/mol. The normalized spacial score (nSPS) is 32.9. The maximum absolute atomic E-state index is 13.9. The Morgan fingerprint density at radius 3 is 2.71 bits per heavy atom. The van der Waals surface area contributed by atoms with Gasteiger partial charge in [-0.15, -0.1) is 0 Å². The third-order valence-electron chi connectivity index (χ3n) is 10.9. The number of esters is 1. The summed E-state index contributed by atoms with van der Waals surface area (Å²) in [6.45, 7) is 7.59. The summed E-state index contributed by atoms with van der Waals surface area (Å²) in [6.07, 6.45) is 17.7. The molecule has 0 amide bonds. The first-order valence-electron chi connectivity index (χ1n) is 15.6. The van der Waals surface area contributed by atoms with E-state index >= 15 is 0 Å². The van der Waals surface area contributed by atoms with Crippen LogP contribution in [0.3, 0.4) is 0 Å². The molecule has 0 bridgehead atoms. The van der Waals surface area contributed by atoms with Crippen molar-refractivity contribution in [3.63, 3.8) is 0 Å². The largest absolute Gasteiger partial charge is 0.493 e. The number of nitrogens with zero attached hydrogens (tertiary/aromatic N) is 2. The summed E-state index contributed by atoms with van der Waals surface area (Å²) in [4.78, 5) is 29.6. The molecule has 42 heavy (non-hydrogen) atoms. The fourth-order valence-corrected chi connectivity index (χ4v) is 8.70. The second kappa shape index (κ2) is 11.4. The van der Waals surface area contributed by atoms with Gasteiger partial charge in [0.05, 0.1) is 20.0 Å². The van der Waals surface area contributed by atoms with Crippen molar-refractivity contribution >= 4 is 17.8 Å². The Labute approximate surface area is 249 Å². The summed E-state index contributed by atoms with van der Waals surface area (Å²) in [6, 6.07) is 5.96. The predicted molar refractivity (Wildman–Crippen MR) is 161 cm³/mol. The van der Waals surface area contributed by atoms with E-state index < -0.39 is 0 Å². The molecule has 1 aromatic heterocycles. The van der Waals surface area contributed by atoms with Crippen LogP contribution in [0.1, 0.15) is 77.7 Å². The number of Topliss-reactive ketones (excluding diaryl/α,β-unsaturated/α-hetero) is 1. The topological polar surface area (TPSA) is 79.6 Å². The summed E-state index contributed by atoms with van der Waals surface area (Å²) in [5.74, 6) is 2.98. The number of methoxy groups -OCH3 is 1. The van der Waals surface area contributed by atoms with Gasteiger partial charge >= 0.3 is 5.97 Å². The summed E-state index contributed by atoms with van der Waals surface area (Å²) in [5, 5.41) is 0. The van der Waals surface area contributed by atoms with Gasteiger partial charge in [0.2, 0.25) is 0 Å². The third kappa shape index (κ3) is 5.20. The average molecular weight is 573 g/mol. The van der Waals surface area contributed by atoms with Crippen LogP contribution < -0.4 is 9.47 Å². The molecule has 7 nitrogen and oxygen atoms in total. The lowest BCUT2D eigenvalue weighted by Crippen LogP contribution is -2.50. The first-order valence-corrected chi connectivity index (χ1v) is 15.6. The highest BCUT2D eigenvalue weighted by atomic mass is 16.5. The van der Waals surface area contributed by atoms with Gasteiger partial charge in [-0.25, -0.2) is 4.98 Å². The minimum Gasteiger partial charge on any atom is -0.493 e. The maximum Gasteiger partial charge on any atom is 0.302 e. The predicted octanol–water partition coefficient (Wildman–Crippen LogP) is 6.82. The number of allylic oxidation sites excluding steroid dienone is 2. The van der Waals surface area contributed by atoms with E-state index in [0.29, 0.717) is 41.6 Å². The molecule has 0 aliphatic heterocycles. The van der Waals surface area contributed by atoms with E-state index in [1.165, 1.54) is 12.5 Å². The molecule has 2 aromatic rings. The molecule has 6 atom stereocenters. The molecule has 224 valence electrons. The monoisotopic (exact) mass is 572 g/mol. The molecule has 6 rings (SSSR count). The SMILES string of the molecule is COc1cc(/C=C2\CC3C4CC=C5C[C@@H](OC(C)=O)CC[C@]5(C)C4CC[C@]3(C)C2=O)ccc1OCCCn1ccnc1. The van der Waals surface area contributed by atoms with Crippen molar-refractivity contribution in [3.05, 3.63) is 59.7 Å². The van der Waals surface area contributed by atoms with E-state index in [-0.39, 0.29) is 22.9 Å². The molecule has 0 saturated heterocycles. The molecule has 0 spiro atoms. The van der Waals surface area contributed by atoms with Gasteiger partial charge < -0.3 is 18.8 Å². The summed E-state index contributed by atoms with van der Waals surface area (Å²) in [7, 11) is 1.66. The van der Waals surface area contributed by atoms with Crippen molar-refractivity contribution < 1.29 is 23.8 Å². The van der Waals surface area contributed by atoms with Crippen LogP contribution in [0.25, 0.3) is 6.08 Å². The first kappa shape index (κ1) is 28.8. The van der Waals surface area contributed by atoms with Gasteiger partial charge in [0.1, 0.15) is 6.10 Å². The second-order valence-electron chi connectivity index (χ2n) is 13.3. The minimum absolute atomic E-state index is 0.00550. The lowest BCUT2D eigenvalue weighted by Gasteiger charge is -2.56. The highest BCUT2D eigenvalue weighted by Gasteiger charge is 2.60. The van der Waals surface area contributed by atoms with E-state index in [4.69, 9.17) is 14.2 Å². The number of fused-ring (bicyclic) bond motifs is 5. The lowest BCUT2D eigenvalue weighted by molar-refractivity contribution is -0.148. The van der Waals surface area contributed by atoms with E-state index in [1.807, 2.05) is 35.3 Å². The zero-order valence-corrected chi connectivity index (χ0v) is 25.4. The fourth-order valence-electron chi connectivity index (χ4n) is 8.70. The molecule has 1 heterocycles. The fraction of sp³-hybridized carbons (Fsp3) is 0.571. The number of aromatic nitrogens is 2. The lowest BCUT2D eigenvalue weighted by atomic mass is 9.48. The van der Waals surface area contributed by atoms with Gasteiger partial charge in [0, 0.05) is 37.7 Å². The van der Waals surface area contributed by atoms with Crippen LogP contribution in [-0.2, 0) is 20.9 Å². The van der Waals surface area contributed by atoms with Crippen LogP contribution in [-0.4, -0.2) is 41.1 Å². The molecule has 4 aliphatic rings. The van der Waals surface area contributed by atoms with Crippen molar-refractivity contribution in [1.29, 1.82) is 0 Å². The van der Waals surface area contributed by atoms with Crippen LogP contribution in [0.5, 0.6) is 11.5 Å². The van der Waals surface area contributed by atoms with Crippen LogP contribution in [0.4, 0.5) is 0 Å². The van der Waals surface area contributed by atoms with Gasteiger partial charge in [-0.1, -0.05) is 31.6 Å². The summed E-state index contributed by atoms with van der Waals surface area (Å²) in [5.41, 5.74) is 3.23. The maximum atomic E-state index is 13.9. The van der Waals surface area contributed by atoms with Gasteiger partial charge in [-0.05, 0) is 97.5 Å². The molecule has 0 N–H and O–H groups in total. The number of ether oxygens (including phenoxy) is 3. The van der Waals surface area contributed by atoms with Crippen molar-refractivity contribution in [1.82, 2.24) is 9.55 Å². The van der Waals surface area contributed by atoms with Crippen molar-refractivity contribution in [2.45, 2.75) is 84.8 Å². The van der Waals surface area contributed by atoms with Crippen LogP contribution in [0.2, 0.25) is 0 Å². The number of benzene rings is 1. The molecular formula is C35H44N2O5. The summed E-state index contributed by atoms with van der Waals surface area (Å²) < 4.78 is 19.3. The van der Waals surface area contributed by atoms with Gasteiger partial charge in [-0.2, -0.15) is 0 Å². The molecule has 3 saturated carbocycles. The van der Waals surface area contributed by atoms with Crippen LogP contribution in [0, 0.1) is 28.6 Å². The zero-order valence-electron chi connectivity index (χ0n) is 25.4. The Morgan fingerprint density at radius 1 is 1.12 bits per heavy atom. The number of rotatable bonds is 8. The number of carbonyl (C=O) groups excluding carboxylic acids is 2.